The Bertz CT molecular complexity index is 1640. The van der Waals surface area contributed by atoms with Crippen molar-refractivity contribution in [1.82, 2.24) is 0 Å². The summed E-state index contributed by atoms with van der Waals surface area (Å²) in [4.78, 5) is 24.3. The maximum Gasteiger partial charge on any atom is 0.303 e. The Kier molecular flexibility index (Phi) is 11.3. The van der Waals surface area contributed by atoms with Crippen molar-refractivity contribution in [2.24, 2.45) is 40.4 Å². The van der Waals surface area contributed by atoms with E-state index in [2.05, 4.69) is 33.4 Å². The van der Waals surface area contributed by atoms with Crippen LogP contribution in [0.5, 0.6) is 0 Å². The van der Waals surface area contributed by atoms with Crippen LogP contribution in [0.3, 0.4) is 0 Å². The predicted octanol–water partition coefficient (Wildman–Crippen LogP) is 1.00. The molecule has 4 aliphatic carbocycles. The van der Waals surface area contributed by atoms with Gasteiger partial charge in [-0.25, -0.2) is 0 Å². The molecule has 1 spiro atoms. The summed E-state index contributed by atoms with van der Waals surface area (Å²) >= 11 is 0. The molecule has 0 amide bonds. The van der Waals surface area contributed by atoms with E-state index in [1.807, 2.05) is 0 Å². The van der Waals surface area contributed by atoms with Gasteiger partial charge in [-0.2, -0.15) is 0 Å². The Morgan fingerprint density at radius 3 is 2.31 bits per heavy atom. The zero-order valence-corrected chi connectivity index (χ0v) is 34.2. The van der Waals surface area contributed by atoms with Crippen LogP contribution in [0.2, 0.25) is 0 Å². The lowest BCUT2D eigenvalue weighted by Gasteiger charge is -2.60. The summed E-state index contributed by atoms with van der Waals surface area (Å²) in [5.74, 6) is -2.23. The Balaban J connectivity index is 1.05. The van der Waals surface area contributed by atoms with E-state index in [0.29, 0.717) is 12.0 Å². The second kappa shape index (κ2) is 15.4. The van der Waals surface area contributed by atoms with E-state index in [0.717, 1.165) is 45.1 Å². The van der Waals surface area contributed by atoms with Crippen molar-refractivity contribution < 1.29 is 78.1 Å². The Hall–Kier alpha value is -2.06. The number of hydrogen-bond donors (Lipinski definition) is 6. The van der Waals surface area contributed by atoms with Gasteiger partial charge < -0.3 is 68.5 Å². The summed E-state index contributed by atoms with van der Waals surface area (Å²) in [5, 5.41) is 66.4. The van der Waals surface area contributed by atoms with E-state index < -0.39 is 103 Å². The summed E-state index contributed by atoms with van der Waals surface area (Å²) in [6.07, 6.45) is -9.70. The molecule has 22 atom stereocenters. The Morgan fingerprint density at radius 1 is 0.897 bits per heavy atom. The van der Waals surface area contributed by atoms with Gasteiger partial charge in [-0.05, 0) is 73.7 Å². The second-order valence-electron chi connectivity index (χ2n) is 18.9. The average Bonchev–Trinajstić information content (AvgIpc) is 3.62. The molecule has 3 saturated carbocycles. The summed E-state index contributed by atoms with van der Waals surface area (Å²) in [7, 11) is 0. The Labute approximate surface area is 338 Å². The number of aliphatic hydroxyl groups excluding tert-OH is 6. The molecule has 16 heteroatoms. The van der Waals surface area contributed by atoms with Gasteiger partial charge in [-0.15, -0.1) is 0 Å². The van der Waals surface area contributed by atoms with Crippen molar-refractivity contribution in [3.05, 3.63) is 23.8 Å². The smallest absolute Gasteiger partial charge is 0.303 e. The third-order valence-corrected chi connectivity index (χ3v) is 15.7. The third-order valence-electron chi connectivity index (χ3n) is 15.7. The van der Waals surface area contributed by atoms with Crippen LogP contribution in [0.25, 0.3) is 0 Å². The maximum atomic E-state index is 12.2. The molecule has 0 bridgehead atoms. The summed E-state index contributed by atoms with van der Waals surface area (Å²) in [6.45, 7) is 14.1. The lowest BCUT2D eigenvalue weighted by atomic mass is 9.46. The summed E-state index contributed by atoms with van der Waals surface area (Å²) < 4.78 is 49.0. The first-order valence-electron chi connectivity index (χ1n) is 21.0. The van der Waals surface area contributed by atoms with Gasteiger partial charge in [-0.3, -0.25) is 9.59 Å². The molecule has 326 valence electrons. The van der Waals surface area contributed by atoms with Gasteiger partial charge in [-0.1, -0.05) is 39.0 Å². The zero-order valence-electron chi connectivity index (χ0n) is 34.2. The monoisotopic (exact) mass is 822 g/mol. The molecule has 6 N–H and O–H groups in total. The van der Waals surface area contributed by atoms with Crippen LogP contribution < -0.4 is 0 Å². The van der Waals surface area contributed by atoms with Gasteiger partial charge in [0.05, 0.1) is 37.6 Å². The molecule has 7 fully saturated rings. The fourth-order valence-corrected chi connectivity index (χ4v) is 12.9. The van der Waals surface area contributed by atoms with E-state index >= 15 is 0 Å². The highest BCUT2D eigenvalue weighted by Crippen LogP contribution is 2.71. The van der Waals surface area contributed by atoms with E-state index in [9.17, 15) is 40.2 Å². The van der Waals surface area contributed by atoms with Crippen LogP contribution in [-0.4, -0.2) is 147 Å². The normalized spacial score (nSPS) is 53.8. The van der Waals surface area contributed by atoms with Crippen LogP contribution in [0.15, 0.2) is 23.8 Å². The number of aliphatic hydroxyl groups is 6. The number of carbonyl (C=O) groups excluding carboxylic acids is 2. The zero-order chi connectivity index (χ0) is 41.8. The fraction of sp³-hybridized carbons (Fsp3) is 0.857. The number of rotatable bonds is 6. The number of allylic oxidation sites excluding steroid dienone is 1. The molecule has 58 heavy (non-hydrogen) atoms. The lowest BCUT2D eigenvalue weighted by molar-refractivity contribution is -0.363. The number of esters is 2. The summed E-state index contributed by atoms with van der Waals surface area (Å²) in [5.41, 5.74) is 0.836. The molecule has 0 aromatic heterocycles. The minimum Gasteiger partial charge on any atom is -0.455 e. The standard InChI is InChI=1S/C42H62O16/c1-17-15-52-42(37(50)31(17)47)18(2)30-28(58-42)14-26-24-9-8-22-12-23(45)13-29(41(22,7)25(24)10-11-40(26,30)6)56-38-35(33(49)27(46)16-51-38)57-39-36(55-21(5)44)34(54-20(4)43)32(48)19(3)53-39/h8,18-19,23-39,45-50H,1,9-16H2,2-7H3/t18-,19-,23+,24-,25+,26-,27-,28-,29+,30-,31-,32-,33-,34+,35+,36+,37-,38-,39-,40-,41-,42-/m0/s1. The SMILES string of the molecule is C=C1CO[C@@]2(O[C@H]3C[C@H]4[C@H]5CC=C6C[C@@H](O)C[C@@H](O[C@@H]7OC[C@H](O)[C@H](O)[C@H]7O[C@@H]7O[C@@H](C)[C@H](O)[C@@H](OC(C)=O)[C@H]7OC(C)=O)[C@]6(C)[C@@H]5CC[C@]4(C)[C@H]3[C@@H]2C)[C@@H](O)[C@H]1O. The molecule has 16 nitrogen and oxygen atoms in total. The largest absolute Gasteiger partial charge is 0.455 e. The van der Waals surface area contributed by atoms with Gasteiger partial charge in [0, 0.05) is 31.6 Å². The number of hydrogen-bond acceptors (Lipinski definition) is 16. The first-order chi connectivity index (χ1) is 27.3. The van der Waals surface area contributed by atoms with Crippen molar-refractivity contribution in [2.75, 3.05) is 13.2 Å². The molecule has 4 heterocycles. The van der Waals surface area contributed by atoms with Crippen LogP contribution in [0.1, 0.15) is 80.1 Å². The molecule has 0 aromatic rings. The number of ether oxygens (including phenoxy) is 8. The van der Waals surface area contributed by atoms with Crippen molar-refractivity contribution in [1.29, 1.82) is 0 Å². The van der Waals surface area contributed by atoms with Crippen molar-refractivity contribution in [2.45, 2.75) is 172 Å². The van der Waals surface area contributed by atoms with E-state index in [-0.39, 0.29) is 60.7 Å². The van der Waals surface area contributed by atoms with Crippen LogP contribution in [-0.2, 0) is 47.5 Å². The van der Waals surface area contributed by atoms with Crippen molar-refractivity contribution >= 4 is 11.9 Å². The molecular weight excluding hydrogens is 760 g/mol. The van der Waals surface area contributed by atoms with E-state index in [1.165, 1.54) is 6.92 Å². The van der Waals surface area contributed by atoms with Gasteiger partial charge in [0.2, 0.25) is 5.79 Å². The topological polar surface area (TPSA) is 229 Å². The van der Waals surface area contributed by atoms with Gasteiger partial charge in [0.15, 0.2) is 24.8 Å². The van der Waals surface area contributed by atoms with E-state index in [4.69, 9.17) is 37.9 Å². The fourth-order valence-electron chi connectivity index (χ4n) is 12.9. The average molecular weight is 823 g/mol. The van der Waals surface area contributed by atoms with Crippen molar-refractivity contribution in [3.8, 4) is 0 Å². The summed E-state index contributed by atoms with van der Waals surface area (Å²) in [6, 6.07) is 0. The van der Waals surface area contributed by atoms with Crippen molar-refractivity contribution in [3.63, 3.8) is 0 Å². The van der Waals surface area contributed by atoms with Gasteiger partial charge in [0.25, 0.3) is 0 Å². The quantitative estimate of drug-likeness (QED) is 0.162. The first-order valence-corrected chi connectivity index (χ1v) is 21.0. The van der Waals surface area contributed by atoms with E-state index in [1.54, 1.807) is 0 Å². The highest BCUT2D eigenvalue weighted by molar-refractivity contribution is 5.67. The molecular formula is C42H62O16. The van der Waals surface area contributed by atoms with Gasteiger partial charge >= 0.3 is 11.9 Å². The van der Waals surface area contributed by atoms with Crippen LogP contribution >= 0.6 is 0 Å². The molecule has 4 saturated heterocycles. The van der Waals surface area contributed by atoms with Crippen LogP contribution in [0.4, 0.5) is 0 Å². The Morgan fingerprint density at radius 2 is 1.60 bits per heavy atom. The number of fused-ring (bicyclic) bond motifs is 7. The first kappa shape index (κ1) is 42.6. The third kappa shape index (κ3) is 6.64. The maximum absolute atomic E-state index is 12.2. The minimum atomic E-state index is -1.55. The minimum absolute atomic E-state index is 0.0913. The molecule has 0 radical (unpaired) electrons. The second-order valence-corrected chi connectivity index (χ2v) is 18.9. The lowest BCUT2D eigenvalue weighted by Crippen LogP contribution is -2.64. The highest BCUT2D eigenvalue weighted by Gasteiger charge is 2.71. The number of carbonyl (C=O) groups is 2. The van der Waals surface area contributed by atoms with Gasteiger partial charge in [0.1, 0.15) is 36.6 Å². The molecule has 8 rings (SSSR count). The molecule has 4 aliphatic heterocycles. The molecule has 0 unspecified atom stereocenters. The molecule has 0 aromatic carbocycles. The highest BCUT2D eigenvalue weighted by atomic mass is 16.8. The van der Waals surface area contributed by atoms with Crippen LogP contribution in [0, 0.1) is 40.4 Å². The predicted molar refractivity (Wildman–Crippen MR) is 199 cm³/mol. The molecule has 8 aliphatic rings.